The number of hydrogen-bond acceptors (Lipinski definition) is 2. The van der Waals surface area contributed by atoms with E-state index in [9.17, 15) is 0 Å². The molecule has 0 aromatic carbocycles. The fraction of sp³-hybridized carbons (Fsp3) is 1.00. The monoisotopic (exact) mass is 408 g/mol. The molecule has 21 heavy (non-hydrogen) atoms. The summed E-state index contributed by atoms with van der Waals surface area (Å²) in [5.74, 6) is 0. The Kier molecular flexibility index (Phi) is 16.1. The van der Waals surface area contributed by atoms with Crippen LogP contribution in [0, 0.1) is 0 Å². The number of hydrogen-bond donors (Lipinski definition) is 0. The maximum absolute atomic E-state index is 6.50. The molecule has 0 bridgehead atoms. The Balaban J connectivity index is 4.43. The summed E-state index contributed by atoms with van der Waals surface area (Å²) in [5.41, 5.74) is 0. The molecule has 0 aromatic heterocycles. The quantitative estimate of drug-likeness (QED) is 0.217. The van der Waals surface area contributed by atoms with Crippen LogP contribution in [0.3, 0.4) is 0 Å². The van der Waals surface area contributed by atoms with Gasteiger partial charge < -0.3 is 0 Å². The molecule has 0 aliphatic carbocycles. The standard InChI is InChI=1S/2C5H11O.2C4H9.Sn/c2*1-2-3-4-5-6;2*1-3-4-2;/h2*2-5H2,1H3;2*1,3-4H2,2H3;/q2*-1;;;+2. The first-order valence-corrected chi connectivity index (χ1v) is 15.9. The Hall–Kier alpha value is 0.719. The van der Waals surface area contributed by atoms with Crippen molar-refractivity contribution in [2.75, 3.05) is 13.2 Å². The van der Waals surface area contributed by atoms with Crippen molar-refractivity contribution in [3.63, 3.8) is 0 Å². The van der Waals surface area contributed by atoms with Gasteiger partial charge in [-0.25, -0.2) is 0 Å². The van der Waals surface area contributed by atoms with E-state index in [1.165, 1.54) is 73.1 Å². The molecular formula is C18H40O2Sn. The molecule has 0 radical (unpaired) electrons. The van der Waals surface area contributed by atoms with Crippen molar-refractivity contribution < 1.29 is 6.15 Å². The van der Waals surface area contributed by atoms with Gasteiger partial charge in [-0.2, -0.15) is 0 Å². The number of unbranched alkanes of at least 4 members (excludes halogenated alkanes) is 6. The van der Waals surface area contributed by atoms with Gasteiger partial charge in [-0.3, -0.25) is 0 Å². The third-order valence-electron chi connectivity index (χ3n) is 4.05. The summed E-state index contributed by atoms with van der Waals surface area (Å²) in [5, 5.41) is 0. The molecule has 0 amide bonds. The molecule has 0 spiro atoms. The van der Waals surface area contributed by atoms with E-state index in [-0.39, 0.29) is 0 Å². The topological polar surface area (TPSA) is 18.5 Å². The molecule has 3 heteroatoms. The van der Waals surface area contributed by atoms with Crippen molar-refractivity contribution in [2.24, 2.45) is 0 Å². The number of rotatable bonds is 16. The third-order valence-corrected chi connectivity index (χ3v) is 14.6. The summed E-state index contributed by atoms with van der Waals surface area (Å²) in [4.78, 5) is 0. The molecule has 0 saturated carbocycles. The van der Waals surface area contributed by atoms with E-state index in [0.29, 0.717) is 0 Å². The third kappa shape index (κ3) is 11.9. The fourth-order valence-corrected chi connectivity index (χ4v) is 13.2. The first-order valence-electron chi connectivity index (χ1n) is 9.52. The Bertz CT molecular complexity index is 187. The van der Waals surface area contributed by atoms with Gasteiger partial charge in [0.2, 0.25) is 0 Å². The van der Waals surface area contributed by atoms with Crippen molar-refractivity contribution in [3.8, 4) is 0 Å². The first-order chi connectivity index (χ1) is 10.2. The molecule has 0 saturated heterocycles. The molecule has 0 N–H and O–H groups in total. The summed E-state index contributed by atoms with van der Waals surface area (Å²) < 4.78 is 15.5. The summed E-state index contributed by atoms with van der Waals surface area (Å²) in [7, 11) is 0. The van der Waals surface area contributed by atoms with Crippen LogP contribution < -0.4 is 0 Å². The van der Waals surface area contributed by atoms with Crippen molar-refractivity contribution in [2.45, 2.75) is 101 Å². The van der Waals surface area contributed by atoms with Crippen LogP contribution >= 0.6 is 0 Å². The van der Waals surface area contributed by atoms with Crippen LogP contribution in [-0.2, 0) is 6.15 Å². The van der Waals surface area contributed by atoms with Crippen LogP contribution in [0.4, 0.5) is 0 Å². The van der Waals surface area contributed by atoms with E-state index in [1.807, 2.05) is 0 Å². The van der Waals surface area contributed by atoms with Crippen molar-refractivity contribution in [3.05, 3.63) is 0 Å². The minimum atomic E-state index is -2.78. The Labute approximate surface area is 139 Å². The predicted molar refractivity (Wildman–Crippen MR) is 96.1 cm³/mol. The Morgan fingerprint density at radius 3 is 1.24 bits per heavy atom. The molecule has 128 valence electrons. The van der Waals surface area contributed by atoms with Crippen LogP contribution in [0.1, 0.15) is 91.9 Å². The van der Waals surface area contributed by atoms with Gasteiger partial charge in [0.15, 0.2) is 0 Å². The van der Waals surface area contributed by atoms with Crippen LogP contribution in [0.5, 0.6) is 0 Å². The summed E-state index contributed by atoms with van der Waals surface area (Å²) in [6.07, 6.45) is 12.7. The van der Waals surface area contributed by atoms with E-state index >= 15 is 0 Å². The van der Waals surface area contributed by atoms with Gasteiger partial charge in [-0.15, -0.1) is 0 Å². The van der Waals surface area contributed by atoms with Gasteiger partial charge in [-0.1, -0.05) is 0 Å². The fourth-order valence-electron chi connectivity index (χ4n) is 2.57. The summed E-state index contributed by atoms with van der Waals surface area (Å²) in [6, 6.07) is 0. The molecule has 0 aliphatic heterocycles. The van der Waals surface area contributed by atoms with Crippen molar-refractivity contribution in [1.82, 2.24) is 0 Å². The van der Waals surface area contributed by atoms with Gasteiger partial charge >= 0.3 is 139 Å². The molecule has 0 fully saturated rings. The van der Waals surface area contributed by atoms with Gasteiger partial charge in [-0.05, 0) is 0 Å². The predicted octanol–water partition coefficient (Wildman–Crippen LogP) is 6.44. The Morgan fingerprint density at radius 2 is 0.905 bits per heavy atom. The SMILES string of the molecule is CCCCC[O][Sn]([CH2]CCC)([CH2]CCC)[O]CCCCC. The second-order valence-electron chi connectivity index (χ2n) is 6.23. The van der Waals surface area contributed by atoms with E-state index in [4.69, 9.17) is 6.15 Å². The van der Waals surface area contributed by atoms with E-state index in [1.54, 1.807) is 0 Å². The molecule has 0 unspecified atom stereocenters. The zero-order chi connectivity index (χ0) is 15.8. The van der Waals surface area contributed by atoms with E-state index < -0.39 is 19.2 Å². The first kappa shape index (κ1) is 21.7. The Morgan fingerprint density at radius 1 is 0.524 bits per heavy atom. The van der Waals surface area contributed by atoms with Crippen LogP contribution in [-0.4, -0.2) is 32.4 Å². The zero-order valence-corrected chi connectivity index (χ0v) is 18.1. The second-order valence-corrected chi connectivity index (χ2v) is 15.9. The molecule has 0 aromatic rings. The van der Waals surface area contributed by atoms with Gasteiger partial charge in [0.05, 0.1) is 0 Å². The normalized spacial score (nSPS) is 12.0. The molecule has 0 atom stereocenters. The van der Waals surface area contributed by atoms with Crippen LogP contribution in [0.15, 0.2) is 0 Å². The van der Waals surface area contributed by atoms with Crippen molar-refractivity contribution in [1.29, 1.82) is 0 Å². The van der Waals surface area contributed by atoms with E-state index in [0.717, 1.165) is 13.2 Å². The molecule has 2 nitrogen and oxygen atoms in total. The second kappa shape index (κ2) is 15.6. The van der Waals surface area contributed by atoms with Gasteiger partial charge in [0.1, 0.15) is 0 Å². The maximum atomic E-state index is 6.50. The average molecular weight is 407 g/mol. The van der Waals surface area contributed by atoms with Gasteiger partial charge in [0, 0.05) is 0 Å². The molecular weight excluding hydrogens is 367 g/mol. The summed E-state index contributed by atoms with van der Waals surface area (Å²) >= 11 is -2.78. The van der Waals surface area contributed by atoms with Crippen molar-refractivity contribution >= 4 is 19.2 Å². The summed E-state index contributed by atoms with van der Waals surface area (Å²) in [6.45, 7) is 11.0. The zero-order valence-electron chi connectivity index (χ0n) is 15.2. The van der Waals surface area contributed by atoms with Crippen LogP contribution in [0.25, 0.3) is 0 Å². The van der Waals surface area contributed by atoms with Gasteiger partial charge in [0.25, 0.3) is 0 Å². The molecule has 0 aliphatic rings. The minimum absolute atomic E-state index is 0.950. The average Bonchev–Trinajstić information content (AvgIpc) is 2.51. The molecule has 0 heterocycles. The molecule has 0 rings (SSSR count). The van der Waals surface area contributed by atoms with E-state index in [2.05, 4.69) is 27.7 Å². The van der Waals surface area contributed by atoms with Crippen LogP contribution in [0.2, 0.25) is 8.87 Å².